The Morgan fingerprint density at radius 2 is 1.62 bits per heavy atom. The van der Waals surface area contributed by atoms with Crippen LogP contribution in [0.15, 0.2) is 36.4 Å². The third-order valence-corrected chi connectivity index (χ3v) is 3.32. The molecule has 2 aromatic carbocycles. The maximum atomic E-state index is 13.9. The van der Waals surface area contributed by atoms with Gasteiger partial charge in [-0.3, -0.25) is 9.59 Å². The number of nitrogens with zero attached hydrogens (tertiary/aromatic N) is 1. The Morgan fingerprint density at radius 3 is 2.21 bits per heavy atom. The van der Waals surface area contributed by atoms with Crippen molar-refractivity contribution in [2.45, 2.75) is 13.8 Å². The summed E-state index contributed by atoms with van der Waals surface area (Å²) >= 11 is 0. The van der Waals surface area contributed by atoms with Crippen molar-refractivity contribution in [1.29, 1.82) is 0 Å². The molecular weight excluding hydrogens is 321 g/mol. The lowest BCUT2D eigenvalue weighted by Gasteiger charge is -2.21. The molecule has 24 heavy (non-hydrogen) atoms. The van der Waals surface area contributed by atoms with Gasteiger partial charge in [-0.1, -0.05) is 17.7 Å². The van der Waals surface area contributed by atoms with Crippen molar-refractivity contribution >= 4 is 23.2 Å². The van der Waals surface area contributed by atoms with E-state index in [-0.39, 0.29) is 0 Å². The molecule has 0 fully saturated rings. The van der Waals surface area contributed by atoms with E-state index in [0.29, 0.717) is 11.8 Å². The molecule has 0 radical (unpaired) electrons. The van der Waals surface area contributed by atoms with E-state index in [1.54, 1.807) is 24.3 Å². The van der Waals surface area contributed by atoms with E-state index in [1.165, 1.54) is 0 Å². The molecule has 0 atom stereocenters. The van der Waals surface area contributed by atoms with E-state index in [4.69, 9.17) is 0 Å². The van der Waals surface area contributed by atoms with Crippen LogP contribution in [0.4, 0.5) is 24.5 Å². The minimum Gasteiger partial charge on any atom is -0.325 e. The van der Waals surface area contributed by atoms with E-state index >= 15 is 0 Å². The van der Waals surface area contributed by atoms with Crippen LogP contribution in [0.5, 0.6) is 0 Å². The molecule has 2 amide bonds. The minimum absolute atomic E-state index is 0.500. The van der Waals surface area contributed by atoms with Crippen molar-refractivity contribution < 1.29 is 22.8 Å². The lowest BCUT2D eigenvalue weighted by molar-refractivity contribution is -0.120. The lowest BCUT2D eigenvalue weighted by atomic mass is 10.2. The molecule has 0 aliphatic rings. The first-order valence-electron chi connectivity index (χ1n) is 7.07. The Bertz CT molecular complexity index is 776. The second kappa shape index (κ2) is 7.16. The number of aryl methyl sites for hydroxylation is 1. The summed E-state index contributed by atoms with van der Waals surface area (Å²) in [6.45, 7) is 2.44. The third kappa shape index (κ3) is 3.92. The molecule has 4 nitrogen and oxygen atoms in total. The molecule has 0 saturated heterocycles. The van der Waals surface area contributed by atoms with E-state index in [1.807, 2.05) is 6.92 Å². The molecule has 0 aliphatic carbocycles. The van der Waals surface area contributed by atoms with Crippen LogP contribution >= 0.6 is 0 Å². The number of hydrogen-bond acceptors (Lipinski definition) is 2. The highest BCUT2D eigenvalue weighted by atomic mass is 19.2. The fourth-order valence-corrected chi connectivity index (χ4v) is 2.07. The van der Waals surface area contributed by atoms with Crippen LogP contribution < -0.4 is 10.2 Å². The molecule has 2 rings (SSSR count). The monoisotopic (exact) mass is 336 g/mol. The van der Waals surface area contributed by atoms with Crippen molar-refractivity contribution in [3.63, 3.8) is 0 Å². The summed E-state index contributed by atoms with van der Waals surface area (Å²) in [5.74, 6) is -5.87. The highest BCUT2D eigenvalue weighted by Gasteiger charge is 2.23. The van der Waals surface area contributed by atoms with Crippen LogP contribution in [0.1, 0.15) is 12.5 Å². The number of hydrogen-bond donors (Lipinski definition) is 1. The maximum Gasteiger partial charge on any atom is 0.244 e. The zero-order valence-electron chi connectivity index (χ0n) is 13.1. The first-order valence-corrected chi connectivity index (χ1v) is 7.07. The standard InChI is InChI=1S/C17H15F3N2O2/c1-10-3-5-12(6-4-10)21-15(24)9-22(11(2)23)14-8-7-13(18)16(19)17(14)20/h3-8H,9H2,1-2H3,(H,21,24). The summed E-state index contributed by atoms with van der Waals surface area (Å²) in [6, 6.07) is 8.52. The van der Waals surface area contributed by atoms with Crippen LogP contribution in [0, 0.1) is 24.4 Å². The fraction of sp³-hybridized carbons (Fsp3) is 0.176. The van der Waals surface area contributed by atoms with E-state index in [9.17, 15) is 22.8 Å². The number of carbonyl (C=O) groups is 2. The molecule has 0 unspecified atom stereocenters. The van der Waals surface area contributed by atoms with Crippen molar-refractivity contribution in [3.8, 4) is 0 Å². The SMILES string of the molecule is CC(=O)N(CC(=O)Nc1ccc(C)cc1)c1ccc(F)c(F)c1F. The third-order valence-electron chi connectivity index (χ3n) is 3.32. The van der Waals surface area contributed by atoms with Crippen LogP contribution in [0.3, 0.4) is 0 Å². The normalized spacial score (nSPS) is 10.4. The molecule has 0 bridgehead atoms. The van der Waals surface area contributed by atoms with Gasteiger partial charge in [-0.2, -0.15) is 0 Å². The molecule has 0 spiro atoms. The van der Waals surface area contributed by atoms with Gasteiger partial charge in [-0.15, -0.1) is 0 Å². The average molecular weight is 336 g/mol. The summed E-state index contributed by atoms with van der Waals surface area (Å²) in [7, 11) is 0. The van der Waals surface area contributed by atoms with Gasteiger partial charge in [0.25, 0.3) is 0 Å². The highest BCUT2D eigenvalue weighted by Crippen LogP contribution is 2.24. The molecule has 0 saturated carbocycles. The van der Waals surface area contributed by atoms with Crippen molar-refractivity contribution in [3.05, 3.63) is 59.4 Å². The van der Waals surface area contributed by atoms with Gasteiger partial charge >= 0.3 is 0 Å². The maximum absolute atomic E-state index is 13.9. The van der Waals surface area contributed by atoms with Gasteiger partial charge < -0.3 is 10.2 Å². The zero-order chi connectivity index (χ0) is 17.9. The summed E-state index contributed by atoms with van der Waals surface area (Å²) in [6.07, 6.45) is 0. The second-order valence-corrected chi connectivity index (χ2v) is 5.21. The lowest BCUT2D eigenvalue weighted by Crippen LogP contribution is -2.37. The number of halogens is 3. The summed E-state index contributed by atoms with van der Waals surface area (Å²) < 4.78 is 40.2. The number of amides is 2. The van der Waals surface area contributed by atoms with Gasteiger partial charge in [0.05, 0.1) is 5.69 Å². The van der Waals surface area contributed by atoms with Gasteiger partial charge in [0.1, 0.15) is 6.54 Å². The van der Waals surface area contributed by atoms with E-state index in [0.717, 1.165) is 23.5 Å². The Balaban J connectivity index is 2.20. The number of rotatable bonds is 4. The predicted octanol–water partition coefficient (Wildman–Crippen LogP) is 3.40. The molecule has 7 heteroatoms. The molecular formula is C17H15F3N2O2. The van der Waals surface area contributed by atoms with Crippen LogP contribution in [0.2, 0.25) is 0 Å². The van der Waals surface area contributed by atoms with Crippen molar-refractivity contribution in [2.75, 3.05) is 16.8 Å². The van der Waals surface area contributed by atoms with Crippen LogP contribution in [0.25, 0.3) is 0 Å². The topological polar surface area (TPSA) is 49.4 Å². The van der Waals surface area contributed by atoms with Gasteiger partial charge in [-0.25, -0.2) is 13.2 Å². The molecule has 0 heterocycles. The molecule has 1 N–H and O–H groups in total. The Hall–Kier alpha value is -2.83. The number of benzene rings is 2. The van der Waals surface area contributed by atoms with Gasteiger partial charge in [-0.05, 0) is 31.2 Å². The molecule has 2 aromatic rings. The van der Waals surface area contributed by atoms with Gasteiger partial charge in [0.2, 0.25) is 11.8 Å². The largest absolute Gasteiger partial charge is 0.325 e. The van der Waals surface area contributed by atoms with Crippen LogP contribution in [-0.2, 0) is 9.59 Å². The zero-order valence-corrected chi connectivity index (χ0v) is 13.1. The minimum atomic E-state index is -1.70. The molecule has 0 aromatic heterocycles. The molecule has 126 valence electrons. The molecule has 0 aliphatic heterocycles. The first-order chi connectivity index (χ1) is 11.3. The Labute approximate surface area is 136 Å². The van der Waals surface area contributed by atoms with Crippen molar-refractivity contribution in [2.24, 2.45) is 0 Å². The van der Waals surface area contributed by atoms with Crippen LogP contribution in [-0.4, -0.2) is 18.4 Å². The summed E-state index contributed by atoms with van der Waals surface area (Å²) in [4.78, 5) is 24.5. The predicted molar refractivity (Wildman–Crippen MR) is 84.2 cm³/mol. The van der Waals surface area contributed by atoms with E-state index < -0.39 is 41.5 Å². The Morgan fingerprint density at radius 1 is 1.00 bits per heavy atom. The smallest absolute Gasteiger partial charge is 0.244 e. The van der Waals surface area contributed by atoms with Gasteiger partial charge in [0, 0.05) is 12.6 Å². The fourth-order valence-electron chi connectivity index (χ4n) is 2.07. The summed E-state index contributed by atoms with van der Waals surface area (Å²) in [5.41, 5.74) is 1.00. The quantitative estimate of drug-likeness (QED) is 0.870. The van der Waals surface area contributed by atoms with Crippen molar-refractivity contribution in [1.82, 2.24) is 0 Å². The average Bonchev–Trinajstić information content (AvgIpc) is 2.53. The highest BCUT2D eigenvalue weighted by molar-refractivity contribution is 6.01. The number of nitrogens with one attached hydrogen (secondary N) is 1. The first kappa shape index (κ1) is 17.5. The number of carbonyl (C=O) groups excluding carboxylic acids is 2. The van der Waals surface area contributed by atoms with Gasteiger partial charge in [0.15, 0.2) is 17.5 Å². The number of anilines is 2. The van der Waals surface area contributed by atoms with E-state index in [2.05, 4.69) is 5.32 Å². The Kier molecular flexibility index (Phi) is 5.23. The second-order valence-electron chi connectivity index (χ2n) is 5.21. The summed E-state index contributed by atoms with van der Waals surface area (Å²) in [5, 5.41) is 2.55.